The largest absolute Gasteiger partial charge is 0.364 e. The van der Waals surface area contributed by atoms with Gasteiger partial charge in [0, 0.05) is 31.3 Å². The molecule has 0 aliphatic rings. The lowest BCUT2D eigenvalue weighted by molar-refractivity contribution is 1.06. The highest BCUT2D eigenvalue weighted by molar-refractivity contribution is 5.46. The summed E-state index contributed by atoms with van der Waals surface area (Å²) in [5.41, 5.74) is 1.32. The van der Waals surface area contributed by atoms with E-state index in [4.69, 9.17) is 5.26 Å². The summed E-state index contributed by atoms with van der Waals surface area (Å²) in [6.45, 7) is 0.571. The first-order valence-electron chi connectivity index (χ1n) is 4.74. The van der Waals surface area contributed by atoms with Crippen molar-refractivity contribution >= 4 is 5.82 Å². The third-order valence-corrected chi connectivity index (χ3v) is 1.99. The number of pyridine rings is 1. The molecule has 0 aromatic carbocycles. The van der Waals surface area contributed by atoms with Gasteiger partial charge in [-0.25, -0.2) is 9.97 Å². The fourth-order valence-corrected chi connectivity index (χ4v) is 1.24. The molecule has 0 aliphatic carbocycles. The minimum Gasteiger partial charge on any atom is -0.364 e. The van der Waals surface area contributed by atoms with Gasteiger partial charge < -0.3 is 5.32 Å². The zero-order valence-electron chi connectivity index (χ0n) is 8.46. The van der Waals surface area contributed by atoms with Crippen LogP contribution in [0.2, 0.25) is 0 Å². The molecule has 0 saturated carbocycles. The van der Waals surface area contributed by atoms with Crippen molar-refractivity contribution in [3.63, 3.8) is 0 Å². The van der Waals surface area contributed by atoms with E-state index in [-0.39, 0.29) is 0 Å². The van der Waals surface area contributed by atoms with Crippen LogP contribution in [0, 0.1) is 11.3 Å². The van der Waals surface area contributed by atoms with Crippen LogP contribution >= 0.6 is 0 Å². The molecule has 2 heterocycles. The maximum Gasteiger partial charge on any atom is 0.182 e. The quantitative estimate of drug-likeness (QED) is 0.829. The van der Waals surface area contributed by atoms with Gasteiger partial charge in [0.15, 0.2) is 11.5 Å². The van der Waals surface area contributed by atoms with Crippen LogP contribution in [0.1, 0.15) is 11.3 Å². The first-order valence-corrected chi connectivity index (χ1v) is 4.74. The van der Waals surface area contributed by atoms with Crippen LogP contribution < -0.4 is 5.32 Å². The predicted molar refractivity (Wildman–Crippen MR) is 58.3 cm³/mol. The van der Waals surface area contributed by atoms with Crippen molar-refractivity contribution < 1.29 is 0 Å². The fourth-order valence-electron chi connectivity index (χ4n) is 1.24. The molecule has 16 heavy (non-hydrogen) atoms. The fraction of sp³-hybridized carbons (Fsp3) is 0.0909. The van der Waals surface area contributed by atoms with Crippen LogP contribution in [-0.2, 0) is 6.54 Å². The Balaban J connectivity index is 2.09. The van der Waals surface area contributed by atoms with Gasteiger partial charge in [0.1, 0.15) is 6.07 Å². The molecule has 0 spiro atoms. The maximum absolute atomic E-state index is 8.81. The van der Waals surface area contributed by atoms with E-state index in [1.165, 1.54) is 6.20 Å². The first-order chi connectivity index (χ1) is 7.90. The standard InChI is InChI=1S/C11H9N5/c12-6-10-11(15-5-4-14-10)16-8-9-2-1-3-13-7-9/h1-5,7H,8H2,(H,15,16). The van der Waals surface area contributed by atoms with Gasteiger partial charge in [-0.05, 0) is 11.6 Å². The molecule has 2 aromatic rings. The Morgan fingerprint density at radius 2 is 2.12 bits per heavy atom. The van der Waals surface area contributed by atoms with Crippen molar-refractivity contribution in [1.82, 2.24) is 15.0 Å². The molecule has 2 aromatic heterocycles. The van der Waals surface area contributed by atoms with Crippen molar-refractivity contribution in [3.8, 4) is 6.07 Å². The highest BCUT2D eigenvalue weighted by atomic mass is 15.0. The summed E-state index contributed by atoms with van der Waals surface area (Å²) < 4.78 is 0. The number of anilines is 1. The zero-order chi connectivity index (χ0) is 11.2. The zero-order valence-corrected chi connectivity index (χ0v) is 8.46. The van der Waals surface area contributed by atoms with Crippen molar-refractivity contribution in [2.24, 2.45) is 0 Å². The first kappa shape index (κ1) is 10.1. The number of rotatable bonds is 3. The van der Waals surface area contributed by atoms with Crippen LogP contribution in [0.15, 0.2) is 36.9 Å². The van der Waals surface area contributed by atoms with Crippen molar-refractivity contribution in [2.45, 2.75) is 6.54 Å². The average molecular weight is 211 g/mol. The number of nitriles is 1. The number of hydrogen-bond acceptors (Lipinski definition) is 5. The molecule has 0 fully saturated rings. The monoisotopic (exact) mass is 211 g/mol. The molecule has 0 aliphatic heterocycles. The topological polar surface area (TPSA) is 74.5 Å². The average Bonchev–Trinajstić information content (AvgIpc) is 2.38. The third-order valence-electron chi connectivity index (χ3n) is 1.99. The highest BCUT2D eigenvalue weighted by Crippen LogP contribution is 2.08. The molecule has 0 unspecified atom stereocenters. The normalized spacial score (nSPS) is 9.44. The van der Waals surface area contributed by atoms with Crippen molar-refractivity contribution in [1.29, 1.82) is 5.26 Å². The second kappa shape index (κ2) is 4.84. The smallest absolute Gasteiger partial charge is 0.182 e. The molecule has 0 radical (unpaired) electrons. The van der Waals surface area contributed by atoms with Gasteiger partial charge in [0.25, 0.3) is 0 Å². The summed E-state index contributed by atoms with van der Waals surface area (Å²) in [5, 5.41) is 11.9. The summed E-state index contributed by atoms with van der Waals surface area (Å²) in [6, 6.07) is 5.79. The van der Waals surface area contributed by atoms with Gasteiger partial charge in [-0.3, -0.25) is 4.98 Å². The summed E-state index contributed by atoms with van der Waals surface area (Å²) in [7, 11) is 0. The second-order valence-electron chi connectivity index (χ2n) is 3.08. The molecule has 2 rings (SSSR count). The number of aromatic nitrogens is 3. The van der Waals surface area contributed by atoms with Crippen molar-refractivity contribution in [2.75, 3.05) is 5.32 Å². The summed E-state index contributed by atoms with van der Waals surface area (Å²) in [4.78, 5) is 12.0. The van der Waals surface area contributed by atoms with Gasteiger partial charge in [0.2, 0.25) is 0 Å². The molecular weight excluding hydrogens is 202 g/mol. The number of nitrogens with zero attached hydrogens (tertiary/aromatic N) is 4. The molecule has 0 atom stereocenters. The van der Waals surface area contributed by atoms with Gasteiger partial charge in [-0.15, -0.1) is 0 Å². The predicted octanol–water partition coefficient (Wildman–Crippen LogP) is 1.36. The van der Waals surface area contributed by atoms with Crippen LogP contribution in [-0.4, -0.2) is 15.0 Å². The van der Waals surface area contributed by atoms with Gasteiger partial charge in [-0.2, -0.15) is 5.26 Å². The molecule has 0 amide bonds. The Morgan fingerprint density at radius 3 is 2.88 bits per heavy atom. The molecule has 0 saturated heterocycles. The van der Waals surface area contributed by atoms with E-state index in [0.29, 0.717) is 18.1 Å². The van der Waals surface area contributed by atoms with E-state index < -0.39 is 0 Å². The lowest BCUT2D eigenvalue weighted by Gasteiger charge is -2.05. The summed E-state index contributed by atoms with van der Waals surface area (Å²) in [6.07, 6.45) is 6.52. The minimum absolute atomic E-state index is 0.298. The van der Waals surface area contributed by atoms with E-state index in [1.54, 1.807) is 18.6 Å². The lowest BCUT2D eigenvalue weighted by Crippen LogP contribution is -2.04. The Hall–Kier alpha value is -2.48. The van der Waals surface area contributed by atoms with Gasteiger partial charge >= 0.3 is 0 Å². The molecule has 1 N–H and O–H groups in total. The van der Waals surface area contributed by atoms with Crippen LogP contribution in [0.3, 0.4) is 0 Å². The SMILES string of the molecule is N#Cc1nccnc1NCc1cccnc1. The number of hydrogen-bond donors (Lipinski definition) is 1. The second-order valence-corrected chi connectivity index (χ2v) is 3.08. The summed E-state index contributed by atoms with van der Waals surface area (Å²) in [5.74, 6) is 0.494. The Labute approximate surface area is 92.8 Å². The Kier molecular flexibility index (Phi) is 3.04. The Morgan fingerprint density at radius 1 is 1.25 bits per heavy atom. The van der Waals surface area contributed by atoms with E-state index in [0.717, 1.165) is 5.56 Å². The Bertz CT molecular complexity index is 503. The van der Waals surface area contributed by atoms with Gasteiger partial charge in [0.05, 0.1) is 0 Å². The van der Waals surface area contributed by atoms with Crippen LogP contribution in [0.4, 0.5) is 5.82 Å². The van der Waals surface area contributed by atoms with Crippen molar-refractivity contribution in [3.05, 3.63) is 48.2 Å². The number of nitrogens with one attached hydrogen (secondary N) is 1. The third kappa shape index (κ3) is 2.30. The molecule has 5 heteroatoms. The molecular formula is C11H9N5. The van der Waals surface area contributed by atoms with Crippen LogP contribution in [0.5, 0.6) is 0 Å². The molecule has 78 valence electrons. The van der Waals surface area contributed by atoms with Gasteiger partial charge in [-0.1, -0.05) is 6.07 Å². The van der Waals surface area contributed by atoms with E-state index in [9.17, 15) is 0 Å². The van der Waals surface area contributed by atoms with E-state index in [2.05, 4.69) is 20.3 Å². The molecule has 5 nitrogen and oxygen atoms in total. The lowest BCUT2D eigenvalue weighted by atomic mass is 10.3. The highest BCUT2D eigenvalue weighted by Gasteiger charge is 2.02. The summed E-state index contributed by atoms with van der Waals surface area (Å²) >= 11 is 0. The maximum atomic E-state index is 8.81. The minimum atomic E-state index is 0.298. The van der Waals surface area contributed by atoms with Crippen LogP contribution in [0.25, 0.3) is 0 Å². The molecule has 0 bridgehead atoms. The van der Waals surface area contributed by atoms with E-state index in [1.807, 2.05) is 18.2 Å². The van der Waals surface area contributed by atoms with E-state index >= 15 is 0 Å².